The Morgan fingerprint density at radius 1 is 1.22 bits per heavy atom. The Labute approximate surface area is 134 Å². The lowest BCUT2D eigenvalue weighted by Crippen LogP contribution is -2.13. The van der Waals surface area contributed by atoms with Crippen LogP contribution in [0, 0.1) is 11.3 Å². The number of nitriles is 1. The van der Waals surface area contributed by atoms with Crippen LogP contribution in [0.5, 0.6) is 0 Å². The molecule has 0 radical (unpaired) electrons. The molecule has 0 heterocycles. The van der Waals surface area contributed by atoms with Gasteiger partial charge in [0.1, 0.15) is 0 Å². The van der Waals surface area contributed by atoms with Crippen LogP contribution in [0.15, 0.2) is 53.4 Å². The predicted molar refractivity (Wildman–Crippen MR) is 84.4 cm³/mol. The maximum atomic E-state index is 12.3. The number of benzene rings is 2. The van der Waals surface area contributed by atoms with E-state index < -0.39 is 16.0 Å². The molecule has 0 amide bonds. The van der Waals surface area contributed by atoms with Gasteiger partial charge in [-0.25, -0.2) is 13.2 Å². The van der Waals surface area contributed by atoms with Crippen LogP contribution >= 0.6 is 0 Å². The number of hydrogen-bond acceptors (Lipinski definition) is 5. The summed E-state index contributed by atoms with van der Waals surface area (Å²) in [4.78, 5) is 11.6. The van der Waals surface area contributed by atoms with Crippen molar-refractivity contribution in [2.75, 3.05) is 11.3 Å². The zero-order chi connectivity index (χ0) is 16.9. The van der Waals surface area contributed by atoms with Gasteiger partial charge in [-0.05, 0) is 49.4 Å². The first-order valence-corrected chi connectivity index (χ1v) is 8.25. The number of carbonyl (C=O) groups is 1. The Kier molecular flexibility index (Phi) is 4.98. The highest BCUT2D eigenvalue weighted by Crippen LogP contribution is 2.18. The first-order valence-electron chi connectivity index (χ1n) is 6.76. The first kappa shape index (κ1) is 16.5. The molecule has 0 unspecified atom stereocenters. The summed E-state index contributed by atoms with van der Waals surface area (Å²) in [6.07, 6.45) is 0. The van der Waals surface area contributed by atoms with Crippen molar-refractivity contribution in [2.24, 2.45) is 0 Å². The molecule has 7 heteroatoms. The second-order valence-corrected chi connectivity index (χ2v) is 6.23. The van der Waals surface area contributed by atoms with Crippen LogP contribution < -0.4 is 4.72 Å². The number of sulfonamides is 1. The fourth-order valence-corrected chi connectivity index (χ4v) is 2.90. The average molecular weight is 330 g/mol. The monoisotopic (exact) mass is 330 g/mol. The lowest BCUT2D eigenvalue weighted by molar-refractivity contribution is 0.0526. The van der Waals surface area contributed by atoms with Crippen LogP contribution in [0.1, 0.15) is 22.8 Å². The molecule has 23 heavy (non-hydrogen) atoms. The smallest absolute Gasteiger partial charge is 0.338 e. The van der Waals surface area contributed by atoms with Crippen LogP contribution in [0.25, 0.3) is 0 Å². The van der Waals surface area contributed by atoms with Crippen molar-refractivity contribution in [3.63, 3.8) is 0 Å². The Hall–Kier alpha value is -2.85. The zero-order valence-corrected chi connectivity index (χ0v) is 13.1. The number of carbonyl (C=O) groups excluding carboxylic acids is 1. The second kappa shape index (κ2) is 6.94. The molecule has 0 aromatic heterocycles. The number of esters is 1. The van der Waals surface area contributed by atoms with Crippen LogP contribution in [0.2, 0.25) is 0 Å². The van der Waals surface area contributed by atoms with E-state index in [9.17, 15) is 13.2 Å². The Balaban J connectivity index is 2.22. The summed E-state index contributed by atoms with van der Waals surface area (Å²) >= 11 is 0. The van der Waals surface area contributed by atoms with Crippen LogP contribution in [0.4, 0.5) is 5.69 Å². The molecule has 0 aliphatic carbocycles. The van der Waals surface area contributed by atoms with E-state index in [4.69, 9.17) is 10.00 Å². The van der Waals surface area contributed by atoms with Gasteiger partial charge in [0, 0.05) is 0 Å². The SMILES string of the molecule is CCOC(=O)c1ccc(S(=O)(=O)Nc2cccc(C#N)c2)cc1. The minimum Gasteiger partial charge on any atom is -0.462 e. The molecule has 0 bridgehead atoms. The summed E-state index contributed by atoms with van der Waals surface area (Å²) in [5.74, 6) is -0.508. The summed E-state index contributed by atoms with van der Waals surface area (Å²) in [5, 5.41) is 8.83. The third kappa shape index (κ3) is 4.08. The fraction of sp³-hybridized carbons (Fsp3) is 0.125. The van der Waals surface area contributed by atoms with Gasteiger partial charge in [-0.2, -0.15) is 5.26 Å². The van der Waals surface area contributed by atoms with Crippen molar-refractivity contribution in [3.05, 3.63) is 59.7 Å². The largest absolute Gasteiger partial charge is 0.462 e. The molecule has 2 aromatic carbocycles. The molecular formula is C16H14N2O4S. The van der Waals surface area contributed by atoms with E-state index >= 15 is 0 Å². The van der Waals surface area contributed by atoms with Crippen molar-refractivity contribution in [1.82, 2.24) is 0 Å². The fourth-order valence-electron chi connectivity index (χ4n) is 1.85. The Morgan fingerprint density at radius 2 is 1.91 bits per heavy atom. The molecule has 0 aliphatic heterocycles. The van der Waals surface area contributed by atoms with Crippen LogP contribution in [-0.2, 0) is 14.8 Å². The molecule has 0 spiro atoms. The van der Waals surface area contributed by atoms with Crippen LogP contribution in [-0.4, -0.2) is 21.0 Å². The van der Waals surface area contributed by atoms with E-state index in [-0.39, 0.29) is 17.1 Å². The van der Waals surface area contributed by atoms with Gasteiger partial charge in [-0.15, -0.1) is 0 Å². The van der Waals surface area contributed by atoms with Crippen molar-refractivity contribution in [3.8, 4) is 6.07 Å². The van der Waals surface area contributed by atoms with E-state index in [2.05, 4.69) is 4.72 Å². The molecular weight excluding hydrogens is 316 g/mol. The standard InChI is InChI=1S/C16H14N2O4S/c1-2-22-16(19)13-6-8-15(9-7-13)23(20,21)18-14-5-3-4-12(10-14)11-17/h3-10,18H,2H2,1H3. The second-order valence-electron chi connectivity index (χ2n) is 4.54. The highest BCUT2D eigenvalue weighted by atomic mass is 32.2. The summed E-state index contributed by atoms with van der Waals surface area (Å²) in [6, 6.07) is 13.5. The lowest BCUT2D eigenvalue weighted by atomic mass is 10.2. The van der Waals surface area contributed by atoms with Gasteiger partial charge in [0.2, 0.25) is 0 Å². The van der Waals surface area contributed by atoms with E-state index in [0.717, 1.165) is 0 Å². The van der Waals surface area contributed by atoms with Gasteiger partial charge in [-0.3, -0.25) is 4.72 Å². The zero-order valence-electron chi connectivity index (χ0n) is 12.3. The van der Waals surface area contributed by atoms with Crippen molar-refractivity contribution < 1.29 is 17.9 Å². The molecule has 0 saturated heterocycles. The van der Waals surface area contributed by atoms with Gasteiger partial charge >= 0.3 is 5.97 Å². The summed E-state index contributed by atoms with van der Waals surface area (Å²) < 4.78 is 31.8. The first-order chi connectivity index (χ1) is 11.0. The van der Waals surface area contributed by atoms with Gasteiger partial charge in [0.25, 0.3) is 10.0 Å². The normalized spacial score (nSPS) is 10.6. The maximum Gasteiger partial charge on any atom is 0.338 e. The van der Waals surface area contributed by atoms with Crippen molar-refractivity contribution in [2.45, 2.75) is 11.8 Å². The number of ether oxygens (including phenoxy) is 1. The van der Waals surface area contributed by atoms with Gasteiger partial charge in [0.15, 0.2) is 0 Å². The average Bonchev–Trinajstić information content (AvgIpc) is 2.55. The number of rotatable bonds is 5. The molecule has 0 aliphatic rings. The van der Waals surface area contributed by atoms with E-state index in [0.29, 0.717) is 11.3 Å². The Bertz CT molecular complexity index is 852. The van der Waals surface area contributed by atoms with Gasteiger partial charge in [0.05, 0.1) is 34.4 Å². The van der Waals surface area contributed by atoms with E-state index in [1.54, 1.807) is 25.1 Å². The molecule has 6 nitrogen and oxygen atoms in total. The van der Waals surface area contributed by atoms with Gasteiger partial charge < -0.3 is 4.74 Å². The molecule has 118 valence electrons. The Morgan fingerprint density at radius 3 is 2.52 bits per heavy atom. The number of nitrogens with zero attached hydrogens (tertiary/aromatic N) is 1. The van der Waals surface area contributed by atoms with Crippen LogP contribution in [0.3, 0.4) is 0 Å². The number of anilines is 1. The lowest BCUT2D eigenvalue weighted by Gasteiger charge is -2.09. The highest BCUT2D eigenvalue weighted by Gasteiger charge is 2.15. The molecule has 1 N–H and O–H groups in total. The minimum atomic E-state index is -3.80. The molecule has 0 fully saturated rings. The predicted octanol–water partition coefficient (Wildman–Crippen LogP) is 2.54. The maximum absolute atomic E-state index is 12.3. The minimum absolute atomic E-state index is 0.00732. The molecule has 0 saturated carbocycles. The van der Waals surface area contributed by atoms with Gasteiger partial charge in [-0.1, -0.05) is 6.07 Å². The molecule has 0 atom stereocenters. The number of nitrogens with one attached hydrogen (secondary N) is 1. The number of hydrogen-bond donors (Lipinski definition) is 1. The van der Waals surface area contributed by atoms with Crippen molar-refractivity contribution in [1.29, 1.82) is 5.26 Å². The topological polar surface area (TPSA) is 96.3 Å². The molecule has 2 aromatic rings. The molecule has 2 rings (SSSR count). The van der Waals surface area contributed by atoms with E-state index in [1.807, 2.05) is 6.07 Å². The highest BCUT2D eigenvalue weighted by molar-refractivity contribution is 7.92. The van der Waals surface area contributed by atoms with Crippen molar-refractivity contribution >= 4 is 21.7 Å². The summed E-state index contributed by atoms with van der Waals surface area (Å²) in [6.45, 7) is 1.94. The summed E-state index contributed by atoms with van der Waals surface area (Å²) in [7, 11) is -3.80. The quantitative estimate of drug-likeness (QED) is 0.850. The third-order valence-electron chi connectivity index (χ3n) is 2.92. The third-order valence-corrected chi connectivity index (χ3v) is 4.32. The summed E-state index contributed by atoms with van der Waals surface area (Å²) in [5.41, 5.74) is 0.915. The van der Waals surface area contributed by atoms with E-state index in [1.165, 1.54) is 30.3 Å².